The first-order chi connectivity index (χ1) is 8.66. The van der Waals surface area contributed by atoms with Crippen LogP contribution in [-0.2, 0) is 9.59 Å². The number of amides is 1. The zero-order valence-electron chi connectivity index (χ0n) is 9.37. The summed E-state index contributed by atoms with van der Waals surface area (Å²) in [5.41, 5.74) is 3.39. The predicted molar refractivity (Wildman–Crippen MR) is 67.7 cm³/mol. The van der Waals surface area contributed by atoms with E-state index in [0.717, 1.165) is 15.9 Å². The summed E-state index contributed by atoms with van der Waals surface area (Å²) in [6.45, 7) is 0.458. The van der Waals surface area contributed by atoms with Gasteiger partial charge in [0.25, 0.3) is 0 Å². The maximum Gasteiger partial charge on any atom is 0.316 e. The third-order valence-electron chi connectivity index (χ3n) is 3.13. The second-order valence-corrected chi connectivity index (χ2v) is 5.06. The molecule has 1 aliphatic heterocycles. The monoisotopic (exact) mass is 262 g/mol. The van der Waals surface area contributed by atoms with Gasteiger partial charge in [-0.25, -0.2) is 4.98 Å². The maximum atomic E-state index is 12.0. The number of hydrogen-bond acceptors (Lipinski definition) is 4. The molecule has 92 valence electrons. The highest BCUT2D eigenvalue weighted by atomic mass is 32.1. The van der Waals surface area contributed by atoms with Crippen LogP contribution in [0.3, 0.4) is 0 Å². The molecule has 0 radical (unpaired) electrons. The van der Waals surface area contributed by atoms with Crippen molar-refractivity contribution in [1.82, 2.24) is 4.98 Å². The Bertz CT molecular complexity index is 637. The molecule has 0 saturated carbocycles. The van der Waals surface area contributed by atoms with Crippen molar-refractivity contribution in [2.45, 2.75) is 6.42 Å². The van der Waals surface area contributed by atoms with Crippen LogP contribution >= 0.6 is 11.3 Å². The fourth-order valence-electron chi connectivity index (χ4n) is 2.18. The molecule has 1 saturated heterocycles. The zero-order valence-corrected chi connectivity index (χ0v) is 10.2. The molecule has 3 rings (SSSR count). The molecule has 1 aliphatic rings. The molecule has 18 heavy (non-hydrogen) atoms. The fraction of sp³-hybridized carbons (Fsp3) is 0.250. The lowest BCUT2D eigenvalue weighted by atomic mass is 10.1. The molecule has 1 aromatic carbocycles. The minimum atomic E-state index is -1.04. The van der Waals surface area contributed by atoms with Crippen molar-refractivity contribution < 1.29 is 14.7 Å². The van der Waals surface area contributed by atoms with E-state index in [2.05, 4.69) is 4.98 Å². The predicted octanol–water partition coefficient (Wildman–Crippen LogP) is 1.73. The molecule has 1 aromatic heterocycles. The van der Waals surface area contributed by atoms with Gasteiger partial charge in [-0.3, -0.25) is 9.59 Å². The van der Waals surface area contributed by atoms with Gasteiger partial charge in [0.15, 0.2) is 0 Å². The molecule has 2 heterocycles. The Morgan fingerprint density at radius 2 is 2.33 bits per heavy atom. The Kier molecular flexibility index (Phi) is 2.52. The van der Waals surface area contributed by atoms with Crippen LogP contribution in [0.25, 0.3) is 10.2 Å². The first kappa shape index (κ1) is 11.2. The van der Waals surface area contributed by atoms with Gasteiger partial charge in [0.1, 0.15) is 5.92 Å². The summed E-state index contributed by atoms with van der Waals surface area (Å²) in [6.07, 6.45) is 0.370. The van der Waals surface area contributed by atoms with E-state index in [0.29, 0.717) is 13.0 Å². The standard InChI is InChI=1S/C12H10N2O3S/c15-11-8(12(16)17)3-4-14(11)7-1-2-9-10(5-7)18-6-13-9/h1-2,5-6,8H,3-4H2,(H,16,17). The SMILES string of the molecule is O=C(O)C1CCN(c2ccc3ncsc3c2)C1=O. The average molecular weight is 262 g/mol. The number of hydrogen-bond donors (Lipinski definition) is 1. The van der Waals surface area contributed by atoms with E-state index in [1.54, 1.807) is 5.51 Å². The number of aliphatic carboxylic acids is 1. The van der Waals surface area contributed by atoms with Gasteiger partial charge in [-0.1, -0.05) is 0 Å². The number of anilines is 1. The lowest BCUT2D eigenvalue weighted by Crippen LogP contribution is -2.29. The quantitative estimate of drug-likeness (QED) is 0.837. The van der Waals surface area contributed by atoms with Gasteiger partial charge in [-0.05, 0) is 24.6 Å². The van der Waals surface area contributed by atoms with Crippen LogP contribution in [0.1, 0.15) is 6.42 Å². The first-order valence-electron chi connectivity index (χ1n) is 5.54. The number of carbonyl (C=O) groups is 2. The third kappa shape index (κ3) is 1.65. The lowest BCUT2D eigenvalue weighted by molar-refractivity contribution is -0.144. The second kappa shape index (κ2) is 4.06. The van der Waals surface area contributed by atoms with Crippen molar-refractivity contribution in [3.63, 3.8) is 0 Å². The maximum absolute atomic E-state index is 12.0. The van der Waals surface area contributed by atoms with Crippen LogP contribution in [0.5, 0.6) is 0 Å². The molecule has 1 N–H and O–H groups in total. The molecule has 0 bridgehead atoms. The minimum absolute atomic E-state index is 0.327. The number of carboxylic acids is 1. The van der Waals surface area contributed by atoms with Gasteiger partial charge in [-0.2, -0.15) is 0 Å². The summed E-state index contributed by atoms with van der Waals surface area (Å²) in [4.78, 5) is 28.6. The summed E-state index contributed by atoms with van der Waals surface area (Å²) in [5.74, 6) is -2.27. The minimum Gasteiger partial charge on any atom is -0.481 e. The highest BCUT2D eigenvalue weighted by Crippen LogP contribution is 2.29. The van der Waals surface area contributed by atoms with Crippen molar-refractivity contribution in [3.8, 4) is 0 Å². The number of carbonyl (C=O) groups excluding carboxylic acids is 1. The number of benzene rings is 1. The number of aromatic nitrogens is 1. The van der Waals surface area contributed by atoms with Crippen LogP contribution in [0.2, 0.25) is 0 Å². The summed E-state index contributed by atoms with van der Waals surface area (Å²) in [5, 5.41) is 8.93. The summed E-state index contributed by atoms with van der Waals surface area (Å²) >= 11 is 1.50. The zero-order chi connectivity index (χ0) is 12.7. The number of thiazole rings is 1. The van der Waals surface area contributed by atoms with Gasteiger partial charge in [0, 0.05) is 12.2 Å². The summed E-state index contributed by atoms with van der Waals surface area (Å²) in [6, 6.07) is 5.54. The molecule has 6 heteroatoms. The fourth-order valence-corrected chi connectivity index (χ4v) is 2.89. The molecule has 0 aliphatic carbocycles. The van der Waals surface area contributed by atoms with Crippen molar-refractivity contribution >= 4 is 39.1 Å². The largest absolute Gasteiger partial charge is 0.481 e. The van der Waals surface area contributed by atoms with E-state index in [1.165, 1.54) is 16.2 Å². The van der Waals surface area contributed by atoms with Gasteiger partial charge in [-0.15, -0.1) is 11.3 Å². The Morgan fingerprint density at radius 3 is 3.06 bits per heavy atom. The van der Waals surface area contributed by atoms with Crippen molar-refractivity contribution in [2.24, 2.45) is 5.92 Å². The first-order valence-corrected chi connectivity index (χ1v) is 6.42. The van der Waals surface area contributed by atoms with Gasteiger partial charge >= 0.3 is 5.97 Å². The third-order valence-corrected chi connectivity index (χ3v) is 3.92. The number of nitrogens with zero attached hydrogens (tertiary/aromatic N) is 2. The Balaban J connectivity index is 1.95. The van der Waals surface area contributed by atoms with Gasteiger partial charge in [0.05, 0.1) is 15.7 Å². The smallest absolute Gasteiger partial charge is 0.316 e. The number of rotatable bonds is 2. The molecule has 5 nitrogen and oxygen atoms in total. The molecule has 1 fully saturated rings. The van der Waals surface area contributed by atoms with Gasteiger partial charge in [0.2, 0.25) is 5.91 Å². The second-order valence-electron chi connectivity index (χ2n) is 4.17. The lowest BCUT2D eigenvalue weighted by Gasteiger charge is -2.15. The van der Waals surface area contributed by atoms with E-state index < -0.39 is 11.9 Å². The topological polar surface area (TPSA) is 70.5 Å². The van der Waals surface area contributed by atoms with Gasteiger partial charge < -0.3 is 10.0 Å². The average Bonchev–Trinajstić information content (AvgIpc) is 2.93. The number of carboxylic acid groups (broad SMARTS) is 1. The highest BCUT2D eigenvalue weighted by Gasteiger charge is 2.37. The van der Waals surface area contributed by atoms with Crippen LogP contribution in [0, 0.1) is 5.92 Å². The van der Waals surface area contributed by atoms with Crippen LogP contribution in [-0.4, -0.2) is 28.5 Å². The molecular formula is C12H10N2O3S. The van der Waals surface area contributed by atoms with Crippen molar-refractivity contribution in [2.75, 3.05) is 11.4 Å². The Labute approximate surface area is 107 Å². The van der Waals surface area contributed by atoms with E-state index >= 15 is 0 Å². The molecule has 1 atom stereocenters. The van der Waals surface area contributed by atoms with Crippen LogP contribution in [0.4, 0.5) is 5.69 Å². The highest BCUT2D eigenvalue weighted by molar-refractivity contribution is 7.16. The Hall–Kier alpha value is -1.95. The van der Waals surface area contributed by atoms with Crippen LogP contribution in [0.15, 0.2) is 23.7 Å². The summed E-state index contributed by atoms with van der Waals surface area (Å²) < 4.78 is 0.999. The Morgan fingerprint density at radius 1 is 1.50 bits per heavy atom. The number of fused-ring (bicyclic) bond motifs is 1. The van der Waals surface area contributed by atoms with E-state index in [1.807, 2.05) is 18.2 Å². The van der Waals surface area contributed by atoms with E-state index in [-0.39, 0.29) is 5.91 Å². The van der Waals surface area contributed by atoms with Crippen LogP contribution < -0.4 is 4.90 Å². The summed E-state index contributed by atoms with van der Waals surface area (Å²) in [7, 11) is 0. The molecular weight excluding hydrogens is 252 g/mol. The van der Waals surface area contributed by atoms with E-state index in [9.17, 15) is 9.59 Å². The normalized spacial score (nSPS) is 19.7. The molecule has 1 amide bonds. The molecule has 0 spiro atoms. The van der Waals surface area contributed by atoms with E-state index in [4.69, 9.17) is 5.11 Å². The van der Waals surface area contributed by atoms with Crippen molar-refractivity contribution in [1.29, 1.82) is 0 Å². The molecule has 2 aromatic rings. The van der Waals surface area contributed by atoms with Crippen molar-refractivity contribution in [3.05, 3.63) is 23.7 Å². The molecule has 1 unspecified atom stereocenters.